The molecule has 4 heteroatoms. The Morgan fingerprint density at radius 2 is 2.06 bits per heavy atom. The van der Waals surface area contributed by atoms with Crippen LogP contribution in [-0.4, -0.2) is 17.0 Å². The topological polar surface area (TPSA) is 63.3 Å². The molecule has 3 nitrogen and oxygen atoms in total. The molecule has 17 heavy (non-hydrogen) atoms. The van der Waals surface area contributed by atoms with Crippen molar-refractivity contribution in [2.24, 2.45) is 5.73 Å². The van der Waals surface area contributed by atoms with Crippen LogP contribution < -0.4 is 5.73 Å². The van der Waals surface area contributed by atoms with Gasteiger partial charge >= 0.3 is 0 Å². The van der Waals surface area contributed by atoms with Crippen molar-refractivity contribution in [2.75, 3.05) is 0 Å². The fraction of sp³-hybridized carbons (Fsp3) is 0.462. The second-order valence-electron chi connectivity index (χ2n) is 4.58. The molecule has 1 fully saturated rings. The van der Waals surface area contributed by atoms with Crippen LogP contribution >= 0.6 is 11.6 Å². The SMILES string of the molecule is NC1(c2ccccc2Cl)CCCCC(O)C1=O. The number of ketones is 1. The average molecular weight is 254 g/mol. The van der Waals surface area contributed by atoms with Crippen LogP contribution in [0.25, 0.3) is 0 Å². The molecule has 0 amide bonds. The van der Waals surface area contributed by atoms with Gasteiger partial charge in [0.2, 0.25) is 0 Å². The Hall–Kier alpha value is -0.900. The minimum atomic E-state index is -1.14. The highest BCUT2D eigenvalue weighted by molar-refractivity contribution is 6.31. The molecule has 2 rings (SSSR count). The summed E-state index contributed by atoms with van der Waals surface area (Å²) in [6.45, 7) is 0. The molecule has 1 aromatic carbocycles. The van der Waals surface area contributed by atoms with Crippen LogP contribution in [0.3, 0.4) is 0 Å². The van der Waals surface area contributed by atoms with Crippen molar-refractivity contribution in [3.05, 3.63) is 34.9 Å². The minimum absolute atomic E-state index is 0.317. The third kappa shape index (κ3) is 2.23. The predicted octanol–water partition coefficient (Wildman–Crippen LogP) is 2.00. The Kier molecular flexibility index (Phi) is 3.52. The molecule has 1 saturated carbocycles. The lowest BCUT2D eigenvalue weighted by atomic mass is 9.82. The summed E-state index contributed by atoms with van der Waals surface area (Å²) in [5.41, 5.74) is 5.69. The molecule has 92 valence electrons. The molecule has 0 heterocycles. The van der Waals surface area contributed by atoms with Crippen LogP contribution in [0.15, 0.2) is 24.3 Å². The first-order valence-corrected chi connectivity index (χ1v) is 6.20. The van der Waals surface area contributed by atoms with E-state index in [1.54, 1.807) is 24.3 Å². The maximum atomic E-state index is 12.2. The van der Waals surface area contributed by atoms with Crippen molar-refractivity contribution >= 4 is 17.4 Å². The van der Waals surface area contributed by atoms with Crippen LogP contribution in [0.4, 0.5) is 0 Å². The second kappa shape index (κ2) is 4.77. The zero-order valence-corrected chi connectivity index (χ0v) is 10.3. The van der Waals surface area contributed by atoms with E-state index in [1.165, 1.54) is 0 Å². The molecule has 1 aliphatic rings. The molecule has 0 spiro atoms. The van der Waals surface area contributed by atoms with Crippen LogP contribution in [-0.2, 0) is 10.3 Å². The van der Waals surface area contributed by atoms with Crippen LogP contribution in [0.5, 0.6) is 0 Å². The zero-order valence-electron chi connectivity index (χ0n) is 9.53. The van der Waals surface area contributed by atoms with Crippen molar-refractivity contribution in [2.45, 2.75) is 37.3 Å². The number of carbonyl (C=O) groups excluding carboxylic acids is 1. The highest BCUT2D eigenvalue weighted by Crippen LogP contribution is 2.34. The molecule has 0 bridgehead atoms. The van der Waals surface area contributed by atoms with Crippen molar-refractivity contribution < 1.29 is 9.90 Å². The van der Waals surface area contributed by atoms with Gasteiger partial charge in [-0.15, -0.1) is 0 Å². The van der Waals surface area contributed by atoms with Crippen LogP contribution in [0.1, 0.15) is 31.2 Å². The molecule has 0 saturated heterocycles. The quantitative estimate of drug-likeness (QED) is 0.753. The molecular weight excluding hydrogens is 238 g/mol. The molecule has 0 radical (unpaired) electrons. The van der Waals surface area contributed by atoms with E-state index in [1.807, 2.05) is 0 Å². The Balaban J connectivity index is 2.46. The van der Waals surface area contributed by atoms with E-state index in [0.29, 0.717) is 23.4 Å². The normalized spacial score (nSPS) is 30.1. The third-order valence-electron chi connectivity index (χ3n) is 3.40. The molecule has 0 aromatic heterocycles. The van der Waals surface area contributed by atoms with Gasteiger partial charge in [0.15, 0.2) is 5.78 Å². The fourth-order valence-electron chi connectivity index (χ4n) is 2.38. The summed E-state index contributed by atoms with van der Waals surface area (Å²) in [5, 5.41) is 10.3. The standard InChI is InChI=1S/C13H16ClNO2/c14-10-6-2-1-5-9(10)13(15)8-4-3-7-11(16)12(13)17/h1-2,5-6,11,16H,3-4,7-8,15H2. The Bertz CT molecular complexity index is 435. The Morgan fingerprint density at radius 3 is 2.76 bits per heavy atom. The van der Waals surface area contributed by atoms with Gasteiger partial charge in [0.05, 0.1) is 0 Å². The summed E-state index contributed by atoms with van der Waals surface area (Å²) < 4.78 is 0. The second-order valence-corrected chi connectivity index (χ2v) is 4.98. The smallest absolute Gasteiger partial charge is 0.185 e. The maximum absolute atomic E-state index is 12.2. The van der Waals surface area contributed by atoms with Crippen molar-refractivity contribution in [1.82, 2.24) is 0 Å². The summed E-state index contributed by atoms with van der Waals surface area (Å²) in [6.07, 6.45) is 1.69. The number of aliphatic hydroxyl groups is 1. The summed E-state index contributed by atoms with van der Waals surface area (Å²) in [7, 11) is 0. The Morgan fingerprint density at radius 1 is 1.35 bits per heavy atom. The highest BCUT2D eigenvalue weighted by Gasteiger charge is 2.41. The van der Waals surface area contributed by atoms with Crippen molar-refractivity contribution in [3.8, 4) is 0 Å². The monoisotopic (exact) mass is 253 g/mol. The van der Waals surface area contributed by atoms with Crippen LogP contribution in [0.2, 0.25) is 5.02 Å². The number of hydrogen-bond acceptors (Lipinski definition) is 3. The number of rotatable bonds is 1. The van der Waals surface area contributed by atoms with Gasteiger partial charge in [-0.2, -0.15) is 0 Å². The first-order chi connectivity index (χ1) is 8.05. The van der Waals surface area contributed by atoms with Gasteiger partial charge in [-0.3, -0.25) is 4.79 Å². The van der Waals surface area contributed by atoms with E-state index in [0.717, 1.165) is 12.8 Å². The predicted molar refractivity (Wildman–Crippen MR) is 66.8 cm³/mol. The van der Waals surface area contributed by atoms with E-state index in [-0.39, 0.29) is 5.78 Å². The lowest BCUT2D eigenvalue weighted by Gasteiger charge is -2.29. The molecule has 1 aliphatic carbocycles. The number of carbonyl (C=O) groups is 1. The maximum Gasteiger partial charge on any atom is 0.185 e. The number of halogens is 1. The molecule has 3 N–H and O–H groups in total. The molecule has 2 atom stereocenters. The van der Waals surface area contributed by atoms with E-state index in [2.05, 4.69) is 0 Å². The largest absolute Gasteiger partial charge is 0.385 e. The lowest BCUT2D eigenvalue weighted by molar-refractivity contribution is -0.132. The van der Waals surface area contributed by atoms with Gasteiger partial charge in [-0.25, -0.2) is 0 Å². The van der Waals surface area contributed by atoms with Crippen molar-refractivity contribution in [1.29, 1.82) is 0 Å². The summed E-state index contributed by atoms with van der Waals surface area (Å²) in [4.78, 5) is 12.2. The van der Waals surface area contributed by atoms with E-state index < -0.39 is 11.6 Å². The average Bonchev–Trinajstić information content (AvgIpc) is 2.44. The first kappa shape index (κ1) is 12.6. The zero-order chi connectivity index (χ0) is 12.5. The van der Waals surface area contributed by atoms with Gasteiger partial charge in [-0.05, 0) is 24.5 Å². The first-order valence-electron chi connectivity index (χ1n) is 5.82. The van der Waals surface area contributed by atoms with E-state index >= 15 is 0 Å². The van der Waals surface area contributed by atoms with E-state index in [9.17, 15) is 9.90 Å². The number of aliphatic hydroxyl groups excluding tert-OH is 1. The minimum Gasteiger partial charge on any atom is -0.385 e. The number of nitrogens with two attached hydrogens (primary N) is 1. The third-order valence-corrected chi connectivity index (χ3v) is 3.73. The molecule has 0 aliphatic heterocycles. The number of Topliss-reactive ketones (excluding diaryl/α,β-unsaturated/α-hetero) is 1. The summed E-state index contributed by atoms with van der Waals surface area (Å²) in [6, 6.07) is 7.08. The van der Waals surface area contributed by atoms with Gasteiger partial charge in [0.1, 0.15) is 11.6 Å². The lowest BCUT2D eigenvalue weighted by Crippen LogP contribution is -2.48. The van der Waals surface area contributed by atoms with Crippen molar-refractivity contribution in [3.63, 3.8) is 0 Å². The fourth-order valence-corrected chi connectivity index (χ4v) is 2.69. The van der Waals surface area contributed by atoms with E-state index in [4.69, 9.17) is 17.3 Å². The molecule has 2 unspecified atom stereocenters. The summed E-state index contributed by atoms with van der Waals surface area (Å²) >= 11 is 6.10. The van der Waals surface area contributed by atoms with Crippen LogP contribution in [0, 0.1) is 0 Å². The van der Waals surface area contributed by atoms with Gasteiger partial charge < -0.3 is 10.8 Å². The van der Waals surface area contributed by atoms with Gasteiger partial charge in [0.25, 0.3) is 0 Å². The number of hydrogen-bond donors (Lipinski definition) is 2. The summed E-state index contributed by atoms with van der Waals surface area (Å²) in [5.74, 6) is -0.317. The Labute approximate surface area is 106 Å². The highest BCUT2D eigenvalue weighted by atomic mass is 35.5. The molecule has 1 aromatic rings. The molecular formula is C13H16ClNO2. The van der Waals surface area contributed by atoms with Gasteiger partial charge in [0, 0.05) is 5.02 Å². The number of benzene rings is 1. The van der Waals surface area contributed by atoms with Gasteiger partial charge in [-0.1, -0.05) is 42.6 Å².